The highest BCUT2D eigenvalue weighted by molar-refractivity contribution is 7.91. The van der Waals surface area contributed by atoms with Crippen LogP contribution in [-0.4, -0.2) is 63.0 Å². The Hall–Kier alpha value is -1.76. The number of hydrogen-bond acceptors (Lipinski definition) is 5. The zero-order valence-corrected chi connectivity index (χ0v) is 17.8. The minimum atomic E-state index is -2.98. The summed E-state index contributed by atoms with van der Waals surface area (Å²) in [6.07, 6.45) is 0.920. The molecule has 2 rings (SSSR count). The first kappa shape index (κ1) is 21.5. The van der Waals surface area contributed by atoms with Crippen LogP contribution in [0.4, 0.5) is 11.4 Å². The normalized spacial score (nSPS) is 18.3. The Morgan fingerprint density at radius 1 is 1.19 bits per heavy atom. The second kappa shape index (κ2) is 9.44. The molecule has 1 N–H and O–H groups in total. The first-order chi connectivity index (χ1) is 12.8. The molecule has 1 atom stereocenters. The van der Waals surface area contributed by atoms with Crippen LogP contribution >= 0.6 is 0 Å². The molecular formula is C20H33N3O3S. The Balaban J connectivity index is 1.90. The van der Waals surface area contributed by atoms with E-state index in [4.69, 9.17) is 0 Å². The highest BCUT2D eigenvalue weighted by Gasteiger charge is 2.33. The molecule has 1 saturated heterocycles. The molecule has 1 amide bonds. The maximum absolute atomic E-state index is 12.6. The number of anilines is 2. The molecule has 0 spiro atoms. The van der Waals surface area contributed by atoms with E-state index in [9.17, 15) is 13.2 Å². The molecule has 1 aliphatic heterocycles. The van der Waals surface area contributed by atoms with Crippen LogP contribution in [0.25, 0.3) is 0 Å². The summed E-state index contributed by atoms with van der Waals surface area (Å²) in [7, 11) is -2.98. The van der Waals surface area contributed by atoms with Gasteiger partial charge < -0.3 is 15.1 Å². The Morgan fingerprint density at radius 3 is 2.41 bits per heavy atom. The Morgan fingerprint density at radius 2 is 1.89 bits per heavy atom. The van der Waals surface area contributed by atoms with Crippen LogP contribution in [-0.2, 0) is 14.6 Å². The van der Waals surface area contributed by atoms with E-state index < -0.39 is 9.84 Å². The molecule has 152 valence electrons. The summed E-state index contributed by atoms with van der Waals surface area (Å²) in [5.41, 5.74) is 3.39. The van der Waals surface area contributed by atoms with Crippen molar-refractivity contribution in [3.8, 4) is 0 Å². The molecule has 0 radical (unpaired) electrons. The van der Waals surface area contributed by atoms with Crippen molar-refractivity contribution in [1.82, 2.24) is 4.90 Å². The summed E-state index contributed by atoms with van der Waals surface area (Å²) < 4.78 is 23.4. The van der Waals surface area contributed by atoms with Crippen molar-refractivity contribution in [2.45, 2.75) is 46.6 Å². The topological polar surface area (TPSA) is 69.7 Å². The van der Waals surface area contributed by atoms with Crippen LogP contribution in [0.3, 0.4) is 0 Å². The van der Waals surface area contributed by atoms with Gasteiger partial charge in [0.2, 0.25) is 5.91 Å². The van der Waals surface area contributed by atoms with E-state index in [0.29, 0.717) is 25.9 Å². The van der Waals surface area contributed by atoms with Gasteiger partial charge in [0.15, 0.2) is 9.84 Å². The van der Waals surface area contributed by atoms with E-state index in [0.717, 1.165) is 24.3 Å². The lowest BCUT2D eigenvalue weighted by molar-refractivity contribution is -0.132. The van der Waals surface area contributed by atoms with E-state index >= 15 is 0 Å². The highest BCUT2D eigenvalue weighted by Crippen LogP contribution is 2.23. The maximum atomic E-state index is 12.6. The molecule has 0 bridgehead atoms. The fourth-order valence-electron chi connectivity index (χ4n) is 3.74. The maximum Gasteiger partial charge on any atom is 0.224 e. The molecule has 1 aromatic rings. The van der Waals surface area contributed by atoms with Crippen molar-refractivity contribution < 1.29 is 13.2 Å². The smallest absolute Gasteiger partial charge is 0.224 e. The molecule has 1 unspecified atom stereocenters. The number of nitrogens with zero attached hydrogens (tertiary/aromatic N) is 2. The largest absolute Gasteiger partial charge is 0.384 e. The van der Waals surface area contributed by atoms with Gasteiger partial charge in [0.25, 0.3) is 0 Å². The monoisotopic (exact) mass is 395 g/mol. The number of carbonyl (C=O) groups excluding carboxylic acids is 1. The third kappa shape index (κ3) is 5.61. The summed E-state index contributed by atoms with van der Waals surface area (Å²) in [5, 5.41) is 3.35. The van der Waals surface area contributed by atoms with Crippen molar-refractivity contribution in [2.24, 2.45) is 0 Å². The number of rotatable bonds is 9. The van der Waals surface area contributed by atoms with Crippen LogP contribution in [0.2, 0.25) is 0 Å². The van der Waals surface area contributed by atoms with Gasteiger partial charge in [-0.3, -0.25) is 4.79 Å². The minimum Gasteiger partial charge on any atom is -0.384 e. The second-order valence-corrected chi connectivity index (χ2v) is 9.31. The second-order valence-electron chi connectivity index (χ2n) is 7.08. The lowest BCUT2D eigenvalue weighted by Gasteiger charge is -2.27. The van der Waals surface area contributed by atoms with Gasteiger partial charge in [0, 0.05) is 50.0 Å². The number of carbonyl (C=O) groups is 1. The minimum absolute atomic E-state index is 0.0181. The first-order valence-corrected chi connectivity index (χ1v) is 11.7. The lowest BCUT2D eigenvalue weighted by Crippen LogP contribution is -2.41. The Kier molecular flexibility index (Phi) is 7.53. The molecule has 1 heterocycles. The zero-order chi connectivity index (χ0) is 20.0. The number of sulfone groups is 1. The SMILES string of the molecule is CCN(CC)c1ccc(NCCC(=O)N(CC)C2CCS(=O)(=O)C2)c(C)c1. The lowest BCUT2D eigenvalue weighted by atomic mass is 10.1. The van der Waals surface area contributed by atoms with Crippen molar-refractivity contribution in [1.29, 1.82) is 0 Å². The first-order valence-electron chi connectivity index (χ1n) is 9.90. The molecule has 6 nitrogen and oxygen atoms in total. The summed E-state index contributed by atoms with van der Waals surface area (Å²) >= 11 is 0. The van der Waals surface area contributed by atoms with Crippen LogP contribution < -0.4 is 10.2 Å². The summed E-state index contributed by atoms with van der Waals surface area (Å²) in [5.74, 6) is 0.313. The summed E-state index contributed by atoms with van der Waals surface area (Å²) in [6, 6.07) is 6.17. The average molecular weight is 396 g/mol. The predicted molar refractivity (Wildman–Crippen MR) is 112 cm³/mol. The van der Waals surface area contributed by atoms with Gasteiger partial charge in [0.05, 0.1) is 11.5 Å². The average Bonchev–Trinajstić information content (AvgIpc) is 2.98. The van der Waals surface area contributed by atoms with Gasteiger partial charge in [-0.2, -0.15) is 0 Å². The van der Waals surface area contributed by atoms with Gasteiger partial charge in [-0.25, -0.2) is 8.42 Å². The highest BCUT2D eigenvalue weighted by atomic mass is 32.2. The van der Waals surface area contributed by atoms with E-state index in [1.54, 1.807) is 4.90 Å². The molecule has 1 aliphatic rings. The number of hydrogen-bond donors (Lipinski definition) is 1. The molecule has 7 heteroatoms. The van der Waals surface area contributed by atoms with Gasteiger partial charge in [-0.05, 0) is 57.9 Å². The molecule has 1 fully saturated rings. The van der Waals surface area contributed by atoms with Gasteiger partial charge in [-0.15, -0.1) is 0 Å². The molecule has 1 aromatic carbocycles. The van der Waals surface area contributed by atoms with Crippen molar-refractivity contribution in [3.05, 3.63) is 23.8 Å². The van der Waals surface area contributed by atoms with E-state index in [1.807, 2.05) is 6.92 Å². The van der Waals surface area contributed by atoms with Gasteiger partial charge in [-0.1, -0.05) is 0 Å². The predicted octanol–water partition coefficient (Wildman–Crippen LogP) is 2.68. The van der Waals surface area contributed by atoms with Crippen LogP contribution in [0.15, 0.2) is 18.2 Å². The van der Waals surface area contributed by atoms with Crippen molar-refractivity contribution >= 4 is 27.1 Å². The number of amides is 1. The molecule has 0 aliphatic carbocycles. The fourth-order valence-corrected chi connectivity index (χ4v) is 5.47. The third-order valence-electron chi connectivity index (χ3n) is 5.30. The van der Waals surface area contributed by atoms with E-state index in [1.165, 1.54) is 5.69 Å². The molecule has 27 heavy (non-hydrogen) atoms. The molecular weight excluding hydrogens is 362 g/mol. The van der Waals surface area contributed by atoms with Crippen molar-refractivity contribution in [3.63, 3.8) is 0 Å². The van der Waals surface area contributed by atoms with Gasteiger partial charge >= 0.3 is 0 Å². The Labute approximate surface area is 163 Å². The third-order valence-corrected chi connectivity index (χ3v) is 7.05. The summed E-state index contributed by atoms with van der Waals surface area (Å²) in [6.45, 7) is 11.3. The Bertz CT molecular complexity index is 745. The number of nitrogens with one attached hydrogen (secondary N) is 1. The van der Waals surface area contributed by atoms with Crippen LogP contribution in [0, 0.1) is 6.92 Å². The van der Waals surface area contributed by atoms with Crippen LogP contribution in [0.5, 0.6) is 0 Å². The quantitative estimate of drug-likeness (QED) is 0.696. The van der Waals surface area contributed by atoms with Crippen LogP contribution in [0.1, 0.15) is 39.2 Å². The fraction of sp³-hybridized carbons (Fsp3) is 0.650. The van der Waals surface area contributed by atoms with E-state index in [-0.39, 0.29) is 23.5 Å². The summed E-state index contributed by atoms with van der Waals surface area (Å²) in [4.78, 5) is 16.6. The standard InChI is InChI=1S/C20H33N3O3S/c1-5-22(6-2)17-8-9-19(16(4)14-17)21-12-10-20(24)23(7-3)18-11-13-27(25,26)15-18/h8-9,14,18,21H,5-7,10-13,15H2,1-4H3. The van der Waals surface area contributed by atoms with Gasteiger partial charge in [0.1, 0.15) is 0 Å². The number of benzene rings is 1. The molecule has 0 saturated carbocycles. The number of aryl methyl sites for hydroxylation is 1. The molecule has 0 aromatic heterocycles. The zero-order valence-electron chi connectivity index (χ0n) is 17.0. The van der Waals surface area contributed by atoms with E-state index in [2.05, 4.69) is 49.2 Å². The van der Waals surface area contributed by atoms with Crippen molar-refractivity contribution in [2.75, 3.05) is 47.9 Å².